The molecule has 0 saturated heterocycles. The van der Waals surface area contributed by atoms with Gasteiger partial charge in [0, 0.05) is 9.89 Å². The molecular weight excluding hydrogens is 424 g/mol. The zero-order valence-corrected chi connectivity index (χ0v) is 18.1. The highest BCUT2D eigenvalue weighted by molar-refractivity contribution is 9.10. The van der Waals surface area contributed by atoms with Gasteiger partial charge in [-0.05, 0) is 49.1 Å². The number of carbonyl (C=O) groups is 1. The van der Waals surface area contributed by atoms with Crippen LogP contribution in [-0.4, -0.2) is 12.1 Å². The third-order valence-electron chi connectivity index (χ3n) is 5.65. The van der Waals surface area contributed by atoms with E-state index in [1.807, 2.05) is 24.3 Å². The Labute approximate surface area is 180 Å². The molecule has 4 rings (SSSR count). The molecule has 1 aliphatic rings. The van der Waals surface area contributed by atoms with Gasteiger partial charge in [0.2, 0.25) is 5.91 Å². The summed E-state index contributed by atoms with van der Waals surface area (Å²) in [4.78, 5) is 12.9. The van der Waals surface area contributed by atoms with Crippen molar-refractivity contribution in [2.24, 2.45) is 11.0 Å². The minimum atomic E-state index is -0.281. The average Bonchev–Trinajstić information content (AvgIpc) is 3.46. The van der Waals surface area contributed by atoms with Crippen LogP contribution in [-0.2, 0) is 10.2 Å². The number of carbonyl (C=O) groups excluding carboxylic acids is 1. The summed E-state index contributed by atoms with van der Waals surface area (Å²) in [6.07, 6.45) is 2.46. The van der Waals surface area contributed by atoms with Gasteiger partial charge in [-0.25, -0.2) is 5.43 Å². The van der Waals surface area contributed by atoms with Gasteiger partial charge >= 0.3 is 0 Å². The number of aryl methyl sites for hydroxylation is 2. The third kappa shape index (κ3) is 4.03. The van der Waals surface area contributed by atoms with Crippen LogP contribution in [0.3, 0.4) is 0 Å². The maximum absolute atomic E-state index is 12.9. The van der Waals surface area contributed by atoms with Crippen LogP contribution in [0.1, 0.15) is 34.2 Å². The Bertz CT molecular complexity index is 1010. The van der Waals surface area contributed by atoms with E-state index in [1.54, 1.807) is 6.21 Å². The van der Waals surface area contributed by atoms with Crippen molar-refractivity contribution in [2.75, 3.05) is 0 Å². The second-order valence-corrected chi connectivity index (χ2v) is 8.67. The van der Waals surface area contributed by atoms with Gasteiger partial charge in [0.15, 0.2) is 0 Å². The van der Waals surface area contributed by atoms with Crippen molar-refractivity contribution in [3.8, 4) is 0 Å². The molecule has 0 aromatic heterocycles. The van der Waals surface area contributed by atoms with Gasteiger partial charge in [0.05, 0.1) is 12.1 Å². The van der Waals surface area contributed by atoms with Crippen LogP contribution in [0.15, 0.2) is 82.4 Å². The number of hydrogen-bond donors (Lipinski definition) is 1. The first-order valence-corrected chi connectivity index (χ1v) is 10.5. The van der Waals surface area contributed by atoms with Gasteiger partial charge < -0.3 is 0 Å². The van der Waals surface area contributed by atoms with E-state index in [-0.39, 0.29) is 17.2 Å². The van der Waals surface area contributed by atoms with Crippen molar-refractivity contribution in [1.29, 1.82) is 0 Å². The fourth-order valence-corrected chi connectivity index (χ4v) is 4.34. The molecule has 1 atom stereocenters. The van der Waals surface area contributed by atoms with E-state index < -0.39 is 0 Å². The van der Waals surface area contributed by atoms with E-state index in [4.69, 9.17) is 0 Å². The summed E-state index contributed by atoms with van der Waals surface area (Å²) in [6, 6.07) is 24.8. The van der Waals surface area contributed by atoms with Gasteiger partial charge in [0.25, 0.3) is 0 Å². The van der Waals surface area contributed by atoms with Crippen molar-refractivity contribution < 1.29 is 4.79 Å². The van der Waals surface area contributed by atoms with Crippen molar-refractivity contribution in [1.82, 2.24) is 5.43 Å². The average molecular weight is 447 g/mol. The Hall–Kier alpha value is -2.72. The minimum Gasteiger partial charge on any atom is -0.273 e. The van der Waals surface area contributed by atoms with Crippen LogP contribution in [0, 0.1) is 19.8 Å². The Morgan fingerprint density at radius 3 is 2.14 bits per heavy atom. The molecule has 146 valence electrons. The lowest BCUT2D eigenvalue weighted by molar-refractivity contribution is -0.122. The molecule has 3 nitrogen and oxygen atoms in total. The highest BCUT2D eigenvalue weighted by atomic mass is 79.9. The molecule has 1 amide bonds. The molecular formula is C25H23BrN2O. The van der Waals surface area contributed by atoms with Crippen molar-refractivity contribution in [2.45, 2.75) is 25.7 Å². The minimum absolute atomic E-state index is 0.0441. The number of rotatable bonds is 5. The van der Waals surface area contributed by atoms with E-state index in [1.165, 1.54) is 22.3 Å². The maximum atomic E-state index is 12.9. The highest BCUT2D eigenvalue weighted by Gasteiger charge is 2.60. The predicted octanol–water partition coefficient (Wildman–Crippen LogP) is 5.52. The molecule has 0 spiro atoms. The van der Waals surface area contributed by atoms with Gasteiger partial charge in [-0.2, -0.15) is 5.10 Å². The maximum Gasteiger partial charge on any atom is 0.244 e. The molecule has 3 aromatic rings. The summed E-state index contributed by atoms with van der Waals surface area (Å²) in [5.74, 6) is -0.176. The lowest BCUT2D eigenvalue weighted by atomic mass is 9.85. The fraction of sp³-hybridized carbons (Fsp3) is 0.200. The smallest absolute Gasteiger partial charge is 0.244 e. The number of benzene rings is 3. The van der Waals surface area contributed by atoms with Crippen LogP contribution in [0.2, 0.25) is 0 Å². The van der Waals surface area contributed by atoms with Crippen molar-refractivity contribution in [3.63, 3.8) is 0 Å². The van der Waals surface area contributed by atoms with Crippen LogP contribution in [0.5, 0.6) is 0 Å². The zero-order chi connectivity index (χ0) is 20.4. The molecule has 1 saturated carbocycles. The molecule has 4 heteroatoms. The second kappa shape index (κ2) is 7.96. The Kier molecular flexibility index (Phi) is 5.37. The first-order chi connectivity index (χ1) is 14.0. The summed E-state index contributed by atoms with van der Waals surface area (Å²) in [5, 5.41) is 4.18. The number of hydrazone groups is 1. The van der Waals surface area contributed by atoms with Crippen LogP contribution < -0.4 is 5.43 Å². The highest BCUT2D eigenvalue weighted by Crippen LogP contribution is 2.59. The lowest BCUT2D eigenvalue weighted by Gasteiger charge is -2.19. The first kappa shape index (κ1) is 19.6. The van der Waals surface area contributed by atoms with E-state index in [0.29, 0.717) is 0 Å². The summed E-state index contributed by atoms with van der Waals surface area (Å²) in [5.41, 5.74) is 8.19. The number of hydrogen-bond acceptors (Lipinski definition) is 2. The molecule has 0 radical (unpaired) electrons. The van der Waals surface area contributed by atoms with Gasteiger partial charge in [0.1, 0.15) is 0 Å². The molecule has 0 aliphatic heterocycles. The predicted molar refractivity (Wildman–Crippen MR) is 121 cm³/mol. The van der Waals surface area contributed by atoms with E-state index in [2.05, 4.69) is 88.8 Å². The Balaban J connectivity index is 1.57. The normalized spacial score (nSPS) is 17.3. The Morgan fingerprint density at radius 2 is 1.59 bits per heavy atom. The van der Waals surface area contributed by atoms with Crippen LogP contribution >= 0.6 is 15.9 Å². The summed E-state index contributed by atoms with van der Waals surface area (Å²) < 4.78 is 0.979. The van der Waals surface area contributed by atoms with E-state index >= 15 is 0 Å². The van der Waals surface area contributed by atoms with Crippen LogP contribution in [0.4, 0.5) is 0 Å². The summed E-state index contributed by atoms with van der Waals surface area (Å²) in [6.45, 7) is 4.16. The zero-order valence-electron chi connectivity index (χ0n) is 16.5. The molecule has 1 fully saturated rings. The third-order valence-corrected chi connectivity index (χ3v) is 6.14. The molecule has 3 aromatic carbocycles. The van der Waals surface area contributed by atoms with Gasteiger partial charge in [-0.15, -0.1) is 0 Å². The van der Waals surface area contributed by atoms with Gasteiger partial charge in [-0.3, -0.25) is 4.79 Å². The largest absolute Gasteiger partial charge is 0.273 e. The topological polar surface area (TPSA) is 41.5 Å². The number of nitrogens with zero attached hydrogens (tertiary/aromatic N) is 1. The molecule has 1 N–H and O–H groups in total. The lowest BCUT2D eigenvalue weighted by Crippen LogP contribution is -2.25. The molecule has 29 heavy (non-hydrogen) atoms. The summed E-state index contributed by atoms with van der Waals surface area (Å²) in [7, 11) is 0. The molecule has 0 heterocycles. The van der Waals surface area contributed by atoms with Gasteiger partial charge in [-0.1, -0.05) is 87.7 Å². The molecule has 0 bridgehead atoms. The standard InChI is InChI=1S/C25H23BrN2O/c1-17-6-10-20(11-7-17)25(21-12-8-18(2)9-13-21)15-23(25)24(29)28-27-16-19-4-3-5-22(26)14-19/h3-14,16,23H,15H2,1-2H3,(H,28,29). The Morgan fingerprint density at radius 1 is 1.00 bits per heavy atom. The van der Waals surface area contributed by atoms with Crippen molar-refractivity contribution in [3.05, 3.63) is 105 Å². The number of halogens is 1. The summed E-state index contributed by atoms with van der Waals surface area (Å²) >= 11 is 3.44. The molecule has 1 aliphatic carbocycles. The van der Waals surface area contributed by atoms with Crippen molar-refractivity contribution >= 4 is 28.1 Å². The molecule has 1 unspecified atom stereocenters. The monoisotopic (exact) mass is 446 g/mol. The number of nitrogens with one attached hydrogen (secondary N) is 1. The number of amides is 1. The van der Waals surface area contributed by atoms with E-state index in [0.717, 1.165) is 16.5 Å². The second-order valence-electron chi connectivity index (χ2n) is 7.75. The quantitative estimate of drug-likeness (QED) is 0.406. The van der Waals surface area contributed by atoms with Crippen LogP contribution in [0.25, 0.3) is 0 Å². The SMILES string of the molecule is Cc1ccc(C2(c3ccc(C)cc3)CC2C(=O)NN=Cc2cccc(Br)c2)cc1. The first-order valence-electron chi connectivity index (χ1n) is 9.72. The van der Waals surface area contributed by atoms with E-state index in [9.17, 15) is 4.79 Å². The fourth-order valence-electron chi connectivity index (χ4n) is 3.92.